The molecule has 1 aromatic rings. The summed E-state index contributed by atoms with van der Waals surface area (Å²) in [6.45, 7) is 2.16. The van der Waals surface area contributed by atoms with Gasteiger partial charge in [0.25, 0.3) is 0 Å². The summed E-state index contributed by atoms with van der Waals surface area (Å²) in [6.07, 6.45) is 5.97. The quantitative estimate of drug-likeness (QED) is 0.707. The first kappa shape index (κ1) is 10.3. The molecule has 2 aliphatic rings. The maximum Gasteiger partial charge on any atom is 0.123 e. The van der Waals surface area contributed by atoms with E-state index in [9.17, 15) is 4.39 Å². The van der Waals surface area contributed by atoms with E-state index in [1.165, 1.54) is 36.8 Å². The second kappa shape index (κ2) is 3.85. The van der Waals surface area contributed by atoms with Gasteiger partial charge in [-0.25, -0.2) is 4.39 Å². The van der Waals surface area contributed by atoms with Crippen molar-refractivity contribution in [1.82, 2.24) is 5.32 Å². The molecule has 0 amide bonds. The van der Waals surface area contributed by atoms with Gasteiger partial charge in [0.1, 0.15) is 5.82 Å². The predicted octanol–water partition coefficient (Wildman–Crippen LogP) is 2.78. The number of nitrogens with one attached hydrogen (secondary N) is 1. The van der Waals surface area contributed by atoms with Crippen LogP contribution in [0.25, 0.3) is 0 Å². The van der Waals surface area contributed by atoms with Crippen molar-refractivity contribution in [3.05, 3.63) is 35.1 Å². The smallest absolute Gasteiger partial charge is 0.123 e. The Bertz CT molecular complexity index is 394. The summed E-state index contributed by atoms with van der Waals surface area (Å²) in [7, 11) is 0. The SMILES string of the molecule is Fc1ccc2c(c1)C1(CCC2)CCNCC1. The molecule has 2 heteroatoms. The minimum absolute atomic E-state index is 0.0708. The van der Waals surface area contributed by atoms with Gasteiger partial charge < -0.3 is 5.32 Å². The third-order valence-corrected chi connectivity index (χ3v) is 4.31. The molecule has 1 nitrogen and oxygen atoms in total. The Hall–Kier alpha value is -0.890. The number of rotatable bonds is 0. The van der Waals surface area contributed by atoms with Gasteiger partial charge in [0.15, 0.2) is 0 Å². The first-order valence-electron chi connectivity index (χ1n) is 6.30. The van der Waals surface area contributed by atoms with Crippen LogP contribution in [0.1, 0.15) is 36.8 Å². The van der Waals surface area contributed by atoms with Crippen molar-refractivity contribution in [2.45, 2.75) is 37.5 Å². The second-order valence-electron chi connectivity index (χ2n) is 5.19. The maximum atomic E-state index is 13.4. The van der Waals surface area contributed by atoms with Crippen LogP contribution in [0.2, 0.25) is 0 Å². The lowest BCUT2D eigenvalue weighted by Crippen LogP contribution is -2.42. The Labute approximate surface area is 96.1 Å². The van der Waals surface area contributed by atoms with E-state index in [4.69, 9.17) is 0 Å². The molecule has 1 saturated heterocycles. The molecule has 1 fully saturated rings. The molecule has 0 unspecified atom stereocenters. The lowest BCUT2D eigenvalue weighted by molar-refractivity contribution is 0.267. The fourth-order valence-corrected chi connectivity index (χ4v) is 3.44. The van der Waals surface area contributed by atoms with E-state index in [0.29, 0.717) is 0 Å². The Morgan fingerprint density at radius 3 is 2.75 bits per heavy atom. The van der Waals surface area contributed by atoms with Crippen LogP contribution < -0.4 is 5.32 Å². The second-order valence-corrected chi connectivity index (χ2v) is 5.19. The zero-order chi connectivity index (χ0) is 11.0. The molecule has 0 bridgehead atoms. The van der Waals surface area contributed by atoms with Crippen molar-refractivity contribution in [2.24, 2.45) is 0 Å². The molecular formula is C14H18FN. The number of hydrogen-bond donors (Lipinski definition) is 1. The summed E-state index contributed by atoms with van der Waals surface area (Å²) >= 11 is 0. The van der Waals surface area contributed by atoms with Crippen LogP contribution in [0, 0.1) is 5.82 Å². The standard InChI is InChI=1S/C14H18FN/c15-12-4-3-11-2-1-5-14(13(11)10-12)6-8-16-9-7-14/h3-4,10,16H,1-2,5-9H2. The van der Waals surface area contributed by atoms with Gasteiger partial charge in [-0.15, -0.1) is 0 Å². The fourth-order valence-electron chi connectivity index (χ4n) is 3.44. The van der Waals surface area contributed by atoms with Gasteiger partial charge in [-0.3, -0.25) is 0 Å². The summed E-state index contributed by atoms with van der Waals surface area (Å²) in [4.78, 5) is 0. The Balaban J connectivity index is 2.06. The first-order chi connectivity index (χ1) is 7.80. The van der Waals surface area contributed by atoms with Crippen LogP contribution in [0.5, 0.6) is 0 Å². The molecule has 1 heterocycles. The third-order valence-electron chi connectivity index (χ3n) is 4.31. The molecule has 1 spiro atoms. The van der Waals surface area contributed by atoms with E-state index in [-0.39, 0.29) is 11.2 Å². The van der Waals surface area contributed by atoms with E-state index < -0.39 is 0 Å². The van der Waals surface area contributed by atoms with Gasteiger partial charge in [0, 0.05) is 0 Å². The van der Waals surface area contributed by atoms with Gasteiger partial charge in [0.05, 0.1) is 0 Å². The molecule has 3 rings (SSSR count). The average Bonchev–Trinajstić information content (AvgIpc) is 2.32. The van der Waals surface area contributed by atoms with Crippen molar-refractivity contribution in [2.75, 3.05) is 13.1 Å². The van der Waals surface area contributed by atoms with Crippen molar-refractivity contribution >= 4 is 0 Å². The molecule has 0 radical (unpaired) electrons. The molecular weight excluding hydrogens is 201 g/mol. The summed E-state index contributed by atoms with van der Waals surface area (Å²) in [5.74, 6) is -0.0708. The van der Waals surface area contributed by atoms with E-state index >= 15 is 0 Å². The number of fused-ring (bicyclic) bond motifs is 2. The zero-order valence-corrected chi connectivity index (χ0v) is 9.56. The van der Waals surface area contributed by atoms with Gasteiger partial charge in [0.2, 0.25) is 0 Å². The van der Waals surface area contributed by atoms with Gasteiger partial charge in [-0.05, 0) is 73.9 Å². The Morgan fingerprint density at radius 2 is 1.94 bits per heavy atom. The minimum atomic E-state index is -0.0708. The highest BCUT2D eigenvalue weighted by Gasteiger charge is 2.37. The van der Waals surface area contributed by atoms with E-state index in [2.05, 4.69) is 5.32 Å². The van der Waals surface area contributed by atoms with E-state index in [0.717, 1.165) is 19.5 Å². The molecule has 0 aromatic heterocycles. The molecule has 16 heavy (non-hydrogen) atoms. The van der Waals surface area contributed by atoms with Crippen LogP contribution in [0.15, 0.2) is 18.2 Å². The lowest BCUT2D eigenvalue weighted by atomic mass is 9.65. The van der Waals surface area contributed by atoms with Crippen molar-refractivity contribution in [3.63, 3.8) is 0 Å². The first-order valence-corrected chi connectivity index (χ1v) is 6.30. The van der Waals surface area contributed by atoms with Gasteiger partial charge in [-0.1, -0.05) is 6.07 Å². The predicted molar refractivity (Wildman–Crippen MR) is 63.1 cm³/mol. The molecule has 1 aromatic carbocycles. The summed E-state index contributed by atoms with van der Waals surface area (Å²) in [5.41, 5.74) is 2.97. The topological polar surface area (TPSA) is 12.0 Å². The number of piperidine rings is 1. The largest absolute Gasteiger partial charge is 0.317 e. The van der Waals surface area contributed by atoms with Crippen LogP contribution in [-0.4, -0.2) is 13.1 Å². The number of halogens is 1. The summed E-state index contributed by atoms with van der Waals surface area (Å²) < 4.78 is 13.4. The zero-order valence-electron chi connectivity index (χ0n) is 9.56. The highest BCUT2D eigenvalue weighted by molar-refractivity contribution is 5.37. The normalized spacial score (nSPS) is 23.1. The summed E-state index contributed by atoms with van der Waals surface area (Å²) in [5, 5.41) is 3.41. The minimum Gasteiger partial charge on any atom is -0.317 e. The van der Waals surface area contributed by atoms with E-state index in [1.54, 1.807) is 12.1 Å². The van der Waals surface area contributed by atoms with Gasteiger partial charge >= 0.3 is 0 Å². The number of benzene rings is 1. The Kier molecular flexibility index (Phi) is 2.47. The molecule has 1 aliphatic carbocycles. The summed E-state index contributed by atoms with van der Waals surface area (Å²) in [6, 6.07) is 5.40. The van der Waals surface area contributed by atoms with Gasteiger partial charge in [-0.2, -0.15) is 0 Å². The Morgan fingerprint density at radius 1 is 1.12 bits per heavy atom. The molecule has 0 atom stereocenters. The number of hydrogen-bond acceptors (Lipinski definition) is 1. The van der Waals surface area contributed by atoms with Crippen molar-refractivity contribution in [1.29, 1.82) is 0 Å². The average molecular weight is 219 g/mol. The van der Waals surface area contributed by atoms with Crippen molar-refractivity contribution in [3.8, 4) is 0 Å². The monoisotopic (exact) mass is 219 g/mol. The lowest BCUT2D eigenvalue weighted by Gasteiger charge is -2.42. The van der Waals surface area contributed by atoms with E-state index in [1.807, 2.05) is 6.07 Å². The number of aryl methyl sites for hydroxylation is 1. The molecule has 1 N–H and O–H groups in total. The van der Waals surface area contributed by atoms with Crippen LogP contribution >= 0.6 is 0 Å². The van der Waals surface area contributed by atoms with Crippen LogP contribution in [0.3, 0.4) is 0 Å². The highest BCUT2D eigenvalue weighted by atomic mass is 19.1. The molecule has 1 aliphatic heterocycles. The van der Waals surface area contributed by atoms with Crippen LogP contribution in [-0.2, 0) is 11.8 Å². The van der Waals surface area contributed by atoms with Crippen LogP contribution in [0.4, 0.5) is 4.39 Å². The highest BCUT2D eigenvalue weighted by Crippen LogP contribution is 2.43. The molecule has 86 valence electrons. The fraction of sp³-hybridized carbons (Fsp3) is 0.571. The third kappa shape index (κ3) is 1.56. The molecule has 0 saturated carbocycles. The maximum absolute atomic E-state index is 13.4. The van der Waals surface area contributed by atoms with Crippen molar-refractivity contribution < 1.29 is 4.39 Å².